The average Bonchev–Trinajstić information content (AvgIpc) is 3.20. The Bertz CT molecular complexity index is 1030. The number of halogens is 2. The van der Waals surface area contributed by atoms with Gasteiger partial charge in [0.25, 0.3) is 0 Å². The van der Waals surface area contributed by atoms with Crippen molar-refractivity contribution < 1.29 is 8.91 Å². The third-order valence-electron chi connectivity index (χ3n) is 3.71. The Kier molecular flexibility index (Phi) is 3.69. The van der Waals surface area contributed by atoms with Crippen LogP contribution in [0.2, 0.25) is 0 Å². The largest absolute Gasteiger partial charge is 0.361 e. The molecule has 0 saturated carbocycles. The fourth-order valence-electron chi connectivity index (χ4n) is 2.47. The van der Waals surface area contributed by atoms with E-state index in [1.165, 1.54) is 17.4 Å². The first-order valence-electron chi connectivity index (χ1n) is 7.11. The van der Waals surface area contributed by atoms with E-state index in [9.17, 15) is 4.39 Å². The maximum atomic E-state index is 14.1. The first-order valence-corrected chi connectivity index (χ1v) is 8.72. The topological polar surface area (TPSA) is 69.1 Å². The lowest BCUT2D eigenvalue weighted by Crippen LogP contribution is -1.96. The summed E-state index contributed by atoms with van der Waals surface area (Å²) < 4.78 is 21.7. The van der Waals surface area contributed by atoms with Crippen LogP contribution in [0.5, 0.6) is 0 Å². The van der Waals surface area contributed by atoms with Gasteiger partial charge in [0.2, 0.25) is 4.96 Å². The highest BCUT2D eigenvalue weighted by Gasteiger charge is 2.18. The zero-order valence-corrected chi connectivity index (χ0v) is 15.2. The molecule has 0 atom stereocenters. The molecule has 0 aliphatic carbocycles. The van der Waals surface area contributed by atoms with Gasteiger partial charge in [0, 0.05) is 16.5 Å². The summed E-state index contributed by atoms with van der Waals surface area (Å²) in [5, 5.41) is 17.5. The SMILES string of the molecule is Cc1noc(C)c1Cc1nn2c(-c3cc(Br)ccc3F)nnc2s1. The van der Waals surface area contributed by atoms with Crippen LogP contribution in [0.25, 0.3) is 16.3 Å². The Morgan fingerprint density at radius 3 is 2.88 bits per heavy atom. The summed E-state index contributed by atoms with van der Waals surface area (Å²) in [5.41, 5.74) is 2.21. The number of benzene rings is 1. The maximum Gasteiger partial charge on any atom is 0.234 e. The normalized spacial score (nSPS) is 11.5. The minimum absolute atomic E-state index is 0.353. The lowest BCUT2D eigenvalue weighted by Gasteiger charge is -2.00. The second kappa shape index (κ2) is 5.75. The van der Waals surface area contributed by atoms with Crippen LogP contribution in [0.1, 0.15) is 22.0 Å². The van der Waals surface area contributed by atoms with Crippen molar-refractivity contribution in [3.63, 3.8) is 0 Å². The van der Waals surface area contributed by atoms with Crippen molar-refractivity contribution in [1.29, 1.82) is 0 Å². The van der Waals surface area contributed by atoms with E-state index in [1.54, 1.807) is 16.6 Å². The molecule has 0 aliphatic rings. The third kappa shape index (κ3) is 2.53. The molecular weight excluding hydrogens is 397 g/mol. The van der Waals surface area contributed by atoms with Gasteiger partial charge < -0.3 is 4.52 Å². The van der Waals surface area contributed by atoms with E-state index in [0.29, 0.717) is 22.8 Å². The first kappa shape index (κ1) is 15.4. The van der Waals surface area contributed by atoms with Crippen LogP contribution in [0.3, 0.4) is 0 Å². The van der Waals surface area contributed by atoms with Crippen LogP contribution >= 0.6 is 27.3 Å². The quantitative estimate of drug-likeness (QED) is 0.514. The standard InChI is InChI=1S/C15H11BrFN5OS/c1-7-10(8(2)23-21-7)6-13-20-22-14(18-19-15(22)24-13)11-5-9(16)3-4-12(11)17/h3-5H,6H2,1-2H3. The highest BCUT2D eigenvalue weighted by atomic mass is 79.9. The summed E-state index contributed by atoms with van der Waals surface area (Å²) in [6.45, 7) is 3.77. The molecular formula is C15H11BrFN5OS. The number of rotatable bonds is 3. The summed E-state index contributed by atoms with van der Waals surface area (Å²) in [5.74, 6) is 0.787. The second-order valence-electron chi connectivity index (χ2n) is 5.32. The highest BCUT2D eigenvalue weighted by molar-refractivity contribution is 9.10. The number of fused-ring (bicyclic) bond motifs is 1. The van der Waals surface area contributed by atoms with Gasteiger partial charge in [-0.25, -0.2) is 4.39 Å². The molecule has 4 aromatic rings. The molecule has 0 spiro atoms. The average molecular weight is 408 g/mol. The Morgan fingerprint density at radius 1 is 1.29 bits per heavy atom. The molecule has 4 rings (SSSR count). The lowest BCUT2D eigenvalue weighted by atomic mass is 10.1. The van der Waals surface area contributed by atoms with Gasteiger partial charge >= 0.3 is 0 Å². The van der Waals surface area contributed by atoms with Crippen LogP contribution in [0, 0.1) is 19.7 Å². The number of aromatic nitrogens is 5. The monoisotopic (exact) mass is 407 g/mol. The van der Waals surface area contributed by atoms with Crippen LogP contribution in [0.15, 0.2) is 27.2 Å². The summed E-state index contributed by atoms with van der Waals surface area (Å²) in [6.07, 6.45) is 0.593. The molecule has 24 heavy (non-hydrogen) atoms. The predicted octanol–water partition coefficient (Wildman–Crippen LogP) is 3.95. The number of aryl methyl sites for hydroxylation is 2. The smallest absolute Gasteiger partial charge is 0.234 e. The van der Waals surface area contributed by atoms with E-state index in [-0.39, 0.29) is 5.82 Å². The molecule has 3 heterocycles. The van der Waals surface area contributed by atoms with Gasteiger partial charge in [-0.3, -0.25) is 0 Å². The van der Waals surface area contributed by atoms with Crippen molar-refractivity contribution in [2.75, 3.05) is 0 Å². The first-order chi connectivity index (χ1) is 11.5. The minimum atomic E-state index is -0.368. The molecule has 9 heteroatoms. The zero-order valence-electron chi connectivity index (χ0n) is 12.7. The van der Waals surface area contributed by atoms with Crippen LogP contribution in [-0.2, 0) is 6.42 Å². The van der Waals surface area contributed by atoms with E-state index in [1.807, 2.05) is 13.8 Å². The van der Waals surface area contributed by atoms with Gasteiger partial charge in [0.05, 0.1) is 11.3 Å². The fraction of sp³-hybridized carbons (Fsp3) is 0.200. The van der Waals surface area contributed by atoms with Crippen molar-refractivity contribution in [1.82, 2.24) is 25.0 Å². The third-order valence-corrected chi connectivity index (χ3v) is 5.10. The summed E-state index contributed by atoms with van der Waals surface area (Å²) in [4.78, 5) is 0.617. The molecule has 3 aromatic heterocycles. The van der Waals surface area contributed by atoms with E-state index in [4.69, 9.17) is 4.52 Å². The molecule has 0 bridgehead atoms. The molecule has 6 nitrogen and oxygen atoms in total. The van der Waals surface area contributed by atoms with Crippen LogP contribution < -0.4 is 0 Å². The summed E-state index contributed by atoms with van der Waals surface area (Å²) >= 11 is 4.76. The van der Waals surface area contributed by atoms with Crippen LogP contribution in [-0.4, -0.2) is 25.0 Å². The predicted molar refractivity (Wildman–Crippen MR) is 90.5 cm³/mol. The Hall–Kier alpha value is -2.13. The van der Waals surface area contributed by atoms with E-state index in [2.05, 4.69) is 36.4 Å². The molecule has 122 valence electrons. The second-order valence-corrected chi connectivity index (χ2v) is 7.27. The van der Waals surface area contributed by atoms with Gasteiger partial charge in [-0.2, -0.15) is 9.61 Å². The van der Waals surface area contributed by atoms with Gasteiger partial charge in [-0.1, -0.05) is 32.4 Å². The molecule has 1 aromatic carbocycles. The molecule has 0 N–H and O–H groups in total. The summed E-state index contributed by atoms with van der Waals surface area (Å²) in [7, 11) is 0. The Balaban J connectivity index is 1.78. The van der Waals surface area contributed by atoms with Gasteiger partial charge in [0.15, 0.2) is 5.82 Å². The van der Waals surface area contributed by atoms with Crippen molar-refractivity contribution in [3.8, 4) is 11.4 Å². The van der Waals surface area contributed by atoms with Crippen LogP contribution in [0.4, 0.5) is 4.39 Å². The maximum absolute atomic E-state index is 14.1. The van der Waals surface area contributed by atoms with Crippen molar-refractivity contribution in [2.45, 2.75) is 20.3 Å². The summed E-state index contributed by atoms with van der Waals surface area (Å²) in [6, 6.07) is 4.69. The van der Waals surface area contributed by atoms with Gasteiger partial charge in [-0.15, -0.1) is 10.2 Å². The number of nitrogens with zero attached hydrogens (tertiary/aromatic N) is 5. The zero-order chi connectivity index (χ0) is 16.8. The van der Waals surface area contributed by atoms with Crippen molar-refractivity contribution in [3.05, 3.63) is 50.5 Å². The lowest BCUT2D eigenvalue weighted by molar-refractivity contribution is 0.392. The molecule has 0 amide bonds. The van der Waals surface area contributed by atoms with Crippen molar-refractivity contribution in [2.24, 2.45) is 0 Å². The van der Waals surface area contributed by atoms with E-state index >= 15 is 0 Å². The molecule has 0 unspecified atom stereocenters. The number of hydrogen-bond acceptors (Lipinski definition) is 6. The fourth-order valence-corrected chi connectivity index (χ4v) is 3.68. The van der Waals surface area contributed by atoms with E-state index < -0.39 is 0 Å². The minimum Gasteiger partial charge on any atom is -0.361 e. The molecule has 0 fully saturated rings. The molecule has 0 radical (unpaired) electrons. The molecule has 0 aliphatic heterocycles. The van der Waals surface area contributed by atoms with Gasteiger partial charge in [-0.05, 0) is 32.0 Å². The Labute approximate surface area is 148 Å². The van der Waals surface area contributed by atoms with Gasteiger partial charge in [0.1, 0.15) is 16.6 Å². The number of hydrogen-bond donors (Lipinski definition) is 0. The Morgan fingerprint density at radius 2 is 2.12 bits per heavy atom. The highest BCUT2D eigenvalue weighted by Crippen LogP contribution is 2.28. The van der Waals surface area contributed by atoms with Crippen molar-refractivity contribution >= 4 is 32.2 Å². The molecule has 0 saturated heterocycles. The van der Waals surface area contributed by atoms with E-state index in [0.717, 1.165) is 26.5 Å².